The predicted octanol–water partition coefficient (Wildman–Crippen LogP) is 4.48. The number of rotatable bonds is 6. The number of aromatic nitrogens is 3. The van der Waals surface area contributed by atoms with Crippen LogP contribution >= 0.6 is 0 Å². The number of imidazole rings is 1. The molecule has 0 spiro atoms. The van der Waals surface area contributed by atoms with Crippen LogP contribution in [0.1, 0.15) is 39.5 Å². The van der Waals surface area contributed by atoms with Gasteiger partial charge in [-0.3, -0.25) is 9.20 Å². The molecule has 2 aliphatic rings. The van der Waals surface area contributed by atoms with Gasteiger partial charge in [-0.05, 0) is 49.8 Å². The molecule has 0 bridgehead atoms. The van der Waals surface area contributed by atoms with Crippen molar-refractivity contribution in [3.63, 3.8) is 0 Å². The van der Waals surface area contributed by atoms with Gasteiger partial charge in [0.15, 0.2) is 0 Å². The predicted molar refractivity (Wildman–Crippen MR) is 142 cm³/mol. The van der Waals surface area contributed by atoms with Gasteiger partial charge in [-0.25, -0.2) is 24.1 Å². The van der Waals surface area contributed by atoms with Gasteiger partial charge >= 0.3 is 6.09 Å². The average Bonchev–Trinajstić information content (AvgIpc) is 3.63. The first-order valence-electron chi connectivity index (χ1n) is 12.6. The number of anilines is 2. The first-order chi connectivity index (χ1) is 18.8. The zero-order valence-corrected chi connectivity index (χ0v) is 21.5. The van der Waals surface area contributed by atoms with E-state index in [-0.39, 0.29) is 18.0 Å². The topological polar surface area (TPSA) is 112 Å². The Morgan fingerprint density at radius 3 is 2.85 bits per heavy atom. The Labute approximate surface area is 223 Å². The maximum absolute atomic E-state index is 13.7. The molecule has 200 valence electrons. The number of hydrogen-bond donors (Lipinski definition) is 2. The minimum Gasteiger partial charge on any atom is -0.465 e. The number of fused-ring (bicyclic) bond motifs is 2. The molecule has 39 heavy (non-hydrogen) atoms. The lowest BCUT2D eigenvalue weighted by Gasteiger charge is -2.19. The van der Waals surface area contributed by atoms with Gasteiger partial charge in [0.2, 0.25) is 0 Å². The van der Waals surface area contributed by atoms with E-state index in [1.54, 1.807) is 22.9 Å². The zero-order valence-electron chi connectivity index (χ0n) is 21.5. The van der Waals surface area contributed by atoms with Crippen molar-refractivity contribution in [3.05, 3.63) is 77.0 Å². The van der Waals surface area contributed by atoms with Crippen LogP contribution in [0.5, 0.6) is 0 Å². The molecular formula is C28H27FN6O4. The number of imide groups is 1. The summed E-state index contributed by atoms with van der Waals surface area (Å²) >= 11 is 0. The van der Waals surface area contributed by atoms with Crippen LogP contribution in [0.3, 0.4) is 0 Å². The van der Waals surface area contributed by atoms with E-state index in [1.807, 2.05) is 37.2 Å². The molecule has 3 aromatic heterocycles. The molecule has 2 N–H and O–H groups in total. The summed E-state index contributed by atoms with van der Waals surface area (Å²) in [7, 11) is 3.96. The van der Waals surface area contributed by atoms with Gasteiger partial charge in [0.05, 0.1) is 42.0 Å². The van der Waals surface area contributed by atoms with Crippen LogP contribution in [0, 0.1) is 5.82 Å². The van der Waals surface area contributed by atoms with Gasteiger partial charge in [0, 0.05) is 36.9 Å². The van der Waals surface area contributed by atoms with Gasteiger partial charge in [-0.15, -0.1) is 0 Å². The van der Waals surface area contributed by atoms with Crippen LogP contribution in [0.25, 0.3) is 16.9 Å². The van der Waals surface area contributed by atoms with E-state index < -0.39 is 17.8 Å². The molecule has 2 amide bonds. The van der Waals surface area contributed by atoms with Crippen molar-refractivity contribution in [2.45, 2.75) is 25.4 Å². The van der Waals surface area contributed by atoms with Crippen LogP contribution in [0.4, 0.5) is 20.7 Å². The molecule has 1 aromatic carbocycles. The fraction of sp³-hybridized carbons (Fsp3) is 0.286. The number of nitrogens with one attached hydrogen (secondary N) is 1. The Hall–Kier alpha value is -4.35. The number of nitrogens with zero attached hydrogens (tertiary/aromatic N) is 5. The SMILES string of the molecule is CN(C)Cc1nc(Nc2ccc(-c3cnc4cc(F)ccn34)c3c2C(=O)N(C(=O)O)C3)ccc1C1CCOC1. The summed E-state index contributed by atoms with van der Waals surface area (Å²) in [5, 5.41) is 13.0. The third-order valence-corrected chi connectivity index (χ3v) is 7.18. The van der Waals surface area contributed by atoms with Gasteiger partial charge < -0.3 is 20.1 Å². The summed E-state index contributed by atoms with van der Waals surface area (Å²) in [6, 6.07) is 10.1. The second-order valence-corrected chi connectivity index (χ2v) is 10.1. The fourth-order valence-corrected chi connectivity index (χ4v) is 5.37. The van der Waals surface area contributed by atoms with Crippen LogP contribution in [-0.4, -0.2) is 68.6 Å². The van der Waals surface area contributed by atoms with E-state index in [2.05, 4.69) is 10.3 Å². The Bertz CT molecular complexity index is 1610. The molecule has 6 rings (SSSR count). The molecule has 11 heteroatoms. The first kappa shape index (κ1) is 25.0. The monoisotopic (exact) mass is 530 g/mol. The van der Waals surface area contributed by atoms with Crippen molar-refractivity contribution < 1.29 is 23.8 Å². The molecular weight excluding hydrogens is 503 g/mol. The van der Waals surface area contributed by atoms with Crippen LogP contribution < -0.4 is 5.32 Å². The van der Waals surface area contributed by atoms with Gasteiger partial charge in [0.25, 0.3) is 5.91 Å². The molecule has 1 fully saturated rings. The van der Waals surface area contributed by atoms with Crippen LogP contribution in [0.2, 0.25) is 0 Å². The second kappa shape index (κ2) is 9.75. The number of carboxylic acid groups (broad SMARTS) is 1. The van der Waals surface area contributed by atoms with E-state index >= 15 is 0 Å². The number of pyridine rings is 2. The summed E-state index contributed by atoms with van der Waals surface area (Å²) in [5.74, 6) is -0.190. The second-order valence-electron chi connectivity index (χ2n) is 10.1. The van der Waals surface area contributed by atoms with Crippen molar-refractivity contribution in [3.8, 4) is 11.3 Å². The van der Waals surface area contributed by atoms with Crippen LogP contribution in [0.15, 0.2) is 48.8 Å². The van der Waals surface area contributed by atoms with Crippen molar-refractivity contribution >= 4 is 29.2 Å². The molecule has 1 atom stereocenters. The maximum atomic E-state index is 13.7. The third kappa shape index (κ3) is 4.49. The Balaban J connectivity index is 1.42. The minimum absolute atomic E-state index is 0.108. The summed E-state index contributed by atoms with van der Waals surface area (Å²) in [6.07, 6.45) is 2.76. The lowest BCUT2D eigenvalue weighted by Crippen LogP contribution is -2.29. The average molecular weight is 531 g/mol. The Morgan fingerprint density at radius 2 is 2.10 bits per heavy atom. The normalized spacial score (nSPS) is 16.9. The summed E-state index contributed by atoms with van der Waals surface area (Å²) in [5.41, 5.74) is 5.01. The number of halogens is 1. The zero-order chi connectivity index (χ0) is 27.3. The lowest BCUT2D eigenvalue weighted by atomic mass is 9.96. The highest BCUT2D eigenvalue weighted by Gasteiger charge is 2.37. The van der Waals surface area contributed by atoms with Crippen molar-refractivity contribution in [1.29, 1.82) is 0 Å². The number of ether oxygens (including phenoxy) is 1. The van der Waals surface area contributed by atoms with E-state index in [1.165, 1.54) is 12.1 Å². The van der Waals surface area contributed by atoms with Gasteiger partial charge in [-0.1, -0.05) is 12.1 Å². The number of hydrogen-bond acceptors (Lipinski definition) is 7. The Morgan fingerprint density at radius 1 is 1.26 bits per heavy atom. The largest absolute Gasteiger partial charge is 0.465 e. The smallest absolute Gasteiger partial charge is 0.414 e. The highest BCUT2D eigenvalue weighted by Crippen LogP contribution is 2.39. The number of benzene rings is 1. The summed E-state index contributed by atoms with van der Waals surface area (Å²) < 4.78 is 21.0. The van der Waals surface area contributed by atoms with Crippen LogP contribution in [-0.2, 0) is 17.8 Å². The van der Waals surface area contributed by atoms with E-state index in [0.717, 1.165) is 29.2 Å². The molecule has 4 aromatic rings. The highest BCUT2D eigenvalue weighted by molar-refractivity contribution is 6.11. The molecule has 0 aliphatic carbocycles. The molecule has 1 saturated heterocycles. The number of carbonyl (C=O) groups excluding carboxylic acids is 1. The van der Waals surface area contributed by atoms with E-state index in [4.69, 9.17) is 9.72 Å². The molecule has 5 heterocycles. The molecule has 0 saturated carbocycles. The lowest BCUT2D eigenvalue weighted by molar-refractivity contribution is 0.0764. The standard InChI is InChI=1S/C28H27FN6O4/c1-33(2)14-22-18(16-8-10-39-15-16)4-6-24(32-22)31-21-5-3-19(20-13-35(28(37)38)27(36)26(20)21)23-12-30-25-11-17(29)7-9-34(23)25/h3-7,9,11-12,16H,8,10,13-15H2,1-2H3,(H,31,32)(H,37,38). The fourth-order valence-electron chi connectivity index (χ4n) is 5.37. The van der Waals surface area contributed by atoms with Crippen molar-refractivity contribution in [2.24, 2.45) is 0 Å². The van der Waals surface area contributed by atoms with Gasteiger partial charge in [-0.2, -0.15) is 0 Å². The van der Waals surface area contributed by atoms with E-state index in [0.29, 0.717) is 47.1 Å². The minimum atomic E-state index is -1.33. The quantitative estimate of drug-likeness (QED) is 0.375. The molecule has 0 radical (unpaired) electrons. The molecule has 10 nitrogen and oxygen atoms in total. The van der Waals surface area contributed by atoms with Gasteiger partial charge in [0.1, 0.15) is 17.3 Å². The highest BCUT2D eigenvalue weighted by atomic mass is 19.1. The summed E-state index contributed by atoms with van der Waals surface area (Å²) in [4.78, 5) is 37.2. The molecule has 2 aliphatic heterocycles. The number of amides is 2. The third-order valence-electron chi connectivity index (χ3n) is 7.18. The summed E-state index contributed by atoms with van der Waals surface area (Å²) in [6.45, 7) is 1.93. The molecule has 1 unspecified atom stereocenters. The van der Waals surface area contributed by atoms with Crippen molar-refractivity contribution in [1.82, 2.24) is 24.2 Å². The van der Waals surface area contributed by atoms with Crippen molar-refractivity contribution in [2.75, 3.05) is 32.6 Å². The Kier molecular flexibility index (Phi) is 6.24. The maximum Gasteiger partial charge on any atom is 0.414 e. The van der Waals surface area contributed by atoms with E-state index in [9.17, 15) is 19.1 Å². The first-order valence-corrected chi connectivity index (χ1v) is 12.6. The number of carbonyl (C=O) groups is 2.